The highest BCUT2D eigenvalue weighted by atomic mass is 16.3. The van der Waals surface area contributed by atoms with Crippen molar-refractivity contribution in [2.45, 2.75) is 25.9 Å². The average molecular weight is 354 g/mol. The summed E-state index contributed by atoms with van der Waals surface area (Å²) >= 11 is 0. The molecule has 6 nitrogen and oxygen atoms in total. The first-order valence-corrected chi connectivity index (χ1v) is 8.59. The van der Waals surface area contributed by atoms with Crippen molar-refractivity contribution in [2.24, 2.45) is 0 Å². The van der Waals surface area contributed by atoms with Gasteiger partial charge in [-0.25, -0.2) is 0 Å². The topological polar surface area (TPSA) is 66.9 Å². The molecular formula is C20H22N2O4. The lowest BCUT2D eigenvalue weighted by atomic mass is 10.1. The zero-order chi connectivity index (χ0) is 18.5. The molecule has 1 aliphatic heterocycles. The van der Waals surface area contributed by atoms with Gasteiger partial charge in [0, 0.05) is 37.3 Å². The summed E-state index contributed by atoms with van der Waals surface area (Å²) in [6.45, 7) is 4.87. The van der Waals surface area contributed by atoms with Gasteiger partial charge in [-0.2, -0.15) is 0 Å². The monoisotopic (exact) mass is 354 g/mol. The minimum atomic E-state index is -0.0843. The highest BCUT2D eigenvalue weighted by molar-refractivity contribution is 5.93. The molecule has 0 N–H and O–H groups in total. The molecule has 0 aliphatic carbocycles. The number of hydrogen-bond donors (Lipinski definition) is 0. The maximum absolute atomic E-state index is 12.5. The fraction of sp³-hybridized carbons (Fsp3) is 0.300. The Morgan fingerprint density at radius 2 is 1.31 bits per heavy atom. The molecule has 1 aliphatic rings. The van der Waals surface area contributed by atoms with E-state index >= 15 is 0 Å². The molecule has 1 saturated heterocycles. The second-order valence-corrected chi connectivity index (χ2v) is 6.38. The first kappa shape index (κ1) is 17.8. The molecule has 6 heteroatoms. The Bertz CT molecular complexity index is 722. The standard InChI is InChI=1S/C20H22N2O4/c1-15-13-22(20(24)10-8-18-6-4-12-26-18)16(2)14-21(15)19(23)9-7-17-5-3-11-25-17/h3-12,15-16H,13-14H2,1-2H3/b9-7+,10-8+/t15-,16-/m0/s1. The van der Waals surface area contributed by atoms with Crippen molar-refractivity contribution in [3.05, 3.63) is 60.5 Å². The van der Waals surface area contributed by atoms with Crippen LogP contribution in [0.5, 0.6) is 0 Å². The second kappa shape index (κ2) is 7.91. The van der Waals surface area contributed by atoms with Gasteiger partial charge in [0.1, 0.15) is 11.5 Å². The molecule has 1 fully saturated rings. The largest absolute Gasteiger partial charge is 0.465 e. The van der Waals surface area contributed by atoms with Crippen molar-refractivity contribution >= 4 is 24.0 Å². The Morgan fingerprint density at radius 1 is 0.885 bits per heavy atom. The van der Waals surface area contributed by atoms with Gasteiger partial charge >= 0.3 is 0 Å². The van der Waals surface area contributed by atoms with Gasteiger partial charge in [0.05, 0.1) is 12.5 Å². The Morgan fingerprint density at radius 3 is 1.65 bits per heavy atom. The number of carbonyl (C=O) groups excluding carboxylic acids is 2. The molecule has 26 heavy (non-hydrogen) atoms. The van der Waals surface area contributed by atoms with Gasteiger partial charge in [-0.3, -0.25) is 9.59 Å². The van der Waals surface area contributed by atoms with Gasteiger partial charge < -0.3 is 18.6 Å². The minimum absolute atomic E-state index is 0.0686. The predicted octanol–water partition coefficient (Wildman–Crippen LogP) is 3.05. The molecule has 2 aromatic rings. The normalized spacial score (nSPS) is 21.0. The van der Waals surface area contributed by atoms with Crippen LogP contribution in [0.3, 0.4) is 0 Å². The maximum atomic E-state index is 12.5. The van der Waals surface area contributed by atoms with E-state index in [-0.39, 0.29) is 23.9 Å². The van der Waals surface area contributed by atoms with Gasteiger partial charge in [-0.15, -0.1) is 0 Å². The van der Waals surface area contributed by atoms with Crippen LogP contribution in [-0.2, 0) is 9.59 Å². The Balaban J connectivity index is 1.61. The van der Waals surface area contributed by atoms with Crippen LogP contribution in [0.25, 0.3) is 12.2 Å². The van der Waals surface area contributed by atoms with E-state index < -0.39 is 0 Å². The second-order valence-electron chi connectivity index (χ2n) is 6.38. The van der Waals surface area contributed by atoms with Crippen LogP contribution in [0.4, 0.5) is 0 Å². The quantitative estimate of drug-likeness (QED) is 0.792. The van der Waals surface area contributed by atoms with E-state index in [1.54, 1.807) is 58.7 Å². The molecule has 0 unspecified atom stereocenters. The van der Waals surface area contributed by atoms with E-state index in [0.717, 1.165) is 0 Å². The summed E-state index contributed by atoms with van der Waals surface area (Å²) in [6, 6.07) is 6.99. The minimum Gasteiger partial charge on any atom is -0.465 e. The third-order valence-electron chi connectivity index (χ3n) is 4.42. The van der Waals surface area contributed by atoms with Crippen LogP contribution in [0, 0.1) is 0 Å². The highest BCUT2D eigenvalue weighted by Crippen LogP contribution is 2.17. The average Bonchev–Trinajstić information content (AvgIpc) is 3.32. The van der Waals surface area contributed by atoms with E-state index in [1.807, 2.05) is 13.8 Å². The van der Waals surface area contributed by atoms with Crippen molar-refractivity contribution in [1.29, 1.82) is 0 Å². The molecule has 0 spiro atoms. The van der Waals surface area contributed by atoms with E-state index in [9.17, 15) is 9.59 Å². The molecule has 136 valence electrons. The molecule has 2 aromatic heterocycles. The number of nitrogens with zero attached hydrogens (tertiary/aromatic N) is 2. The molecule has 2 amide bonds. The number of furan rings is 2. The number of carbonyl (C=O) groups is 2. The summed E-state index contributed by atoms with van der Waals surface area (Å²) in [7, 11) is 0. The van der Waals surface area contributed by atoms with Crippen molar-refractivity contribution in [2.75, 3.05) is 13.1 Å². The number of piperazine rings is 1. The van der Waals surface area contributed by atoms with Crippen LogP contribution in [-0.4, -0.2) is 46.8 Å². The van der Waals surface area contributed by atoms with Crippen molar-refractivity contribution in [3.8, 4) is 0 Å². The third-order valence-corrected chi connectivity index (χ3v) is 4.42. The van der Waals surface area contributed by atoms with Crippen LogP contribution in [0.2, 0.25) is 0 Å². The first-order chi connectivity index (χ1) is 12.5. The van der Waals surface area contributed by atoms with Crippen molar-refractivity contribution in [3.63, 3.8) is 0 Å². The maximum Gasteiger partial charge on any atom is 0.247 e. The van der Waals surface area contributed by atoms with Crippen LogP contribution in [0.1, 0.15) is 25.4 Å². The molecule has 2 atom stereocenters. The lowest BCUT2D eigenvalue weighted by molar-refractivity contribution is -0.139. The van der Waals surface area contributed by atoms with Crippen molar-refractivity contribution < 1.29 is 18.4 Å². The third kappa shape index (κ3) is 4.14. The molecule has 0 bridgehead atoms. The van der Waals surface area contributed by atoms with E-state index in [1.165, 1.54) is 12.2 Å². The molecule has 0 saturated carbocycles. The Labute approximate surface area is 152 Å². The highest BCUT2D eigenvalue weighted by Gasteiger charge is 2.32. The molecule has 0 aromatic carbocycles. The van der Waals surface area contributed by atoms with Gasteiger partial charge in [-0.05, 0) is 50.3 Å². The summed E-state index contributed by atoms with van der Waals surface area (Å²) in [5, 5.41) is 0. The summed E-state index contributed by atoms with van der Waals surface area (Å²) in [6.07, 6.45) is 9.46. The number of rotatable bonds is 4. The smallest absolute Gasteiger partial charge is 0.247 e. The fourth-order valence-electron chi connectivity index (χ4n) is 3.01. The Kier molecular flexibility index (Phi) is 5.41. The molecule has 0 radical (unpaired) electrons. The van der Waals surface area contributed by atoms with Crippen LogP contribution in [0.15, 0.2) is 57.8 Å². The lowest BCUT2D eigenvalue weighted by Gasteiger charge is -2.43. The summed E-state index contributed by atoms with van der Waals surface area (Å²) in [5.74, 6) is 1.10. The van der Waals surface area contributed by atoms with E-state index in [0.29, 0.717) is 24.6 Å². The zero-order valence-corrected chi connectivity index (χ0v) is 14.9. The van der Waals surface area contributed by atoms with Gasteiger partial charge in [0.2, 0.25) is 11.8 Å². The van der Waals surface area contributed by atoms with Crippen LogP contribution < -0.4 is 0 Å². The van der Waals surface area contributed by atoms with E-state index in [4.69, 9.17) is 8.83 Å². The van der Waals surface area contributed by atoms with Gasteiger partial charge in [0.15, 0.2) is 0 Å². The summed E-state index contributed by atoms with van der Waals surface area (Å²) in [5.41, 5.74) is 0. The first-order valence-electron chi connectivity index (χ1n) is 8.59. The van der Waals surface area contributed by atoms with Crippen molar-refractivity contribution in [1.82, 2.24) is 9.80 Å². The predicted molar refractivity (Wildman–Crippen MR) is 97.8 cm³/mol. The summed E-state index contributed by atoms with van der Waals surface area (Å²) < 4.78 is 10.4. The van der Waals surface area contributed by atoms with E-state index in [2.05, 4.69) is 0 Å². The Hall–Kier alpha value is -3.02. The SMILES string of the molecule is C[C@H]1CN(C(=O)/C=C/c2ccco2)[C@@H](C)CN1C(=O)/C=C/c1ccco1. The number of hydrogen-bond acceptors (Lipinski definition) is 4. The zero-order valence-electron chi connectivity index (χ0n) is 14.9. The summed E-state index contributed by atoms with van der Waals surface area (Å²) in [4.78, 5) is 28.5. The van der Waals surface area contributed by atoms with Gasteiger partial charge in [0.25, 0.3) is 0 Å². The van der Waals surface area contributed by atoms with Gasteiger partial charge in [-0.1, -0.05) is 0 Å². The molecular weight excluding hydrogens is 332 g/mol. The van der Waals surface area contributed by atoms with Crippen LogP contribution >= 0.6 is 0 Å². The fourth-order valence-corrected chi connectivity index (χ4v) is 3.01. The lowest BCUT2D eigenvalue weighted by Crippen LogP contribution is -2.59. The molecule has 3 heterocycles. The molecule has 3 rings (SSSR count). The number of amides is 2.